The summed E-state index contributed by atoms with van der Waals surface area (Å²) in [5, 5.41) is 8.60. The van der Waals surface area contributed by atoms with Crippen LogP contribution in [0.3, 0.4) is 0 Å². The molecule has 0 spiro atoms. The van der Waals surface area contributed by atoms with Gasteiger partial charge < -0.3 is 10.8 Å². The Morgan fingerprint density at radius 3 is 2.85 bits per heavy atom. The number of hydrogen-bond donors (Lipinski definition) is 2. The van der Waals surface area contributed by atoms with Crippen molar-refractivity contribution in [3.63, 3.8) is 0 Å². The van der Waals surface area contributed by atoms with Gasteiger partial charge in [0.1, 0.15) is 0 Å². The molecular weight excluding hydrogens is 166 g/mol. The third-order valence-electron chi connectivity index (χ3n) is 1.96. The number of carbonyl (C=O) groups excluding carboxylic acids is 1. The van der Waals surface area contributed by atoms with Crippen LogP contribution in [0.1, 0.15) is 22.3 Å². The monoisotopic (exact) mass is 179 g/mol. The fraction of sp³-hybridized carbons (Fsp3) is 0.300. The zero-order chi connectivity index (χ0) is 9.84. The van der Waals surface area contributed by atoms with Gasteiger partial charge in [-0.3, -0.25) is 4.79 Å². The molecule has 0 saturated carbocycles. The highest BCUT2D eigenvalue weighted by atomic mass is 16.3. The van der Waals surface area contributed by atoms with E-state index >= 15 is 0 Å². The van der Waals surface area contributed by atoms with Gasteiger partial charge in [0.2, 0.25) is 0 Å². The van der Waals surface area contributed by atoms with Crippen LogP contribution in [0.25, 0.3) is 0 Å². The maximum absolute atomic E-state index is 11.4. The SMILES string of the molecule is Cc1cccc(C(=O)CCO)c1N. The summed E-state index contributed by atoms with van der Waals surface area (Å²) in [6, 6.07) is 5.32. The van der Waals surface area contributed by atoms with Crippen LogP contribution in [0.4, 0.5) is 5.69 Å². The van der Waals surface area contributed by atoms with Gasteiger partial charge in [0.05, 0.1) is 6.61 Å². The summed E-state index contributed by atoms with van der Waals surface area (Å²) in [6.07, 6.45) is 0.133. The predicted octanol–water partition coefficient (Wildman–Crippen LogP) is 1.14. The highest BCUT2D eigenvalue weighted by molar-refractivity contribution is 6.01. The molecule has 3 nitrogen and oxygen atoms in total. The van der Waals surface area contributed by atoms with E-state index in [1.807, 2.05) is 13.0 Å². The molecule has 70 valence electrons. The molecule has 13 heavy (non-hydrogen) atoms. The van der Waals surface area contributed by atoms with E-state index in [2.05, 4.69) is 0 Å². The zero-order valence-electron chi connectivity index (χ0n) is 7.58. The highest BCUT2D eigenvalue weighted by Crippen LogP contribution is 2.17. The Balaban J connectivity index is 3.01. The van der Waals surface area contributed by atoms with Crippen LogP contribution in [0.2, 0.25) is 0 Å². The molecular formula is C10H13NO2. The van der Waals surface area contributed by atoms with Crippen LogP contribution in [-0.2, 0) is 0 Å². The lowest BCUT2D eigenvalue weighted by Gasteiger charge is -2.05. The number of rotatable bonds is 3. The molecule has 0 bridgehead atoms. The number of Topliss-reactive ketones (excluding diaryl/α,β-unsaturated/α-hetero) is 1. The van der Waals surface area contributed by atoms with E-state index in [1.54, 1.807) is 12.1 Å². The minimum Gasteiger partial charge on any atom is -0.398 e. The van der Waals surface area contributed by atoms with Gasteiger partial charge in [0.25, 0.3) is 0 Å². The van der Waals surface area contributed by atoms with Gasteiger partial charge in [-0.15, -0.1) is 0 Å². The van der Waals surface area contributed by atoms with Crippen LogP contribution >= 0.6 is 0 Å². The van der Waals surface area contributed by atoms with Crippen molar-refractivity contribution < 1.29 is 9.90 Å². The largest absolute Gasteiger partial charge is 0.398 e. The third kappa shape index (κ3) is 2.06. The molecule has 0 aliphatic heterocycles. The zero-order valence-corrected chi connectivity index (χ0v) is 7.58. The summed E-state index contributed by atoms with van der Waals surface area (Å²) in [7, 11) is 0. The summed E-state index contributed by atoms with van der Waals surface area (Å²) in [5.74, 6) is -0.108. The molecule has 0 aromatic heterocycles. The topological polar surface area (TPSA) is 63.3 Å². The smallest absolute Gasteiger partial charge is 0.167 e. The fourth-order valence-corrected chi connectivity index (χ4v) is 1.16. The first-order chi connectivity index (χ1) is 6.16. The van der Waals surface area contributed by atoms with Crippen LogP contribution in [-0.4, -0.2) is 17.5 Å². The van der Waals surface area contributed by atoms with Crippen LogP contribution in [0, 0.1) is 6.92 Å². The average Bonchev–Trinajstić information content (AvgIpc) is 2.10. The van der Waals surface area contributed by atoms with E-state index in [1.165, 1.54) is 0 Å². The van der Waals surface area contributed by atoms with Gasteiger partial charge in [-0.05, 0) is 18.6 Å². The van der Waals surface area contributed by atoms with Crippen molar-refractivity contribution in [2.45, 2.75) is 13.3 Å². The van der Waals surface area contributed by atoms with Gasteiger partial charge in [-0.2, -0.15) is 0 Å². The Bertz CT molecular complexity index is 321. The molecule has 0 radical (unpaired) electrons. The van der Waals surface area contributed by atoms with Crippen molar-refractivity contribution in [1.82, 2.24) is 0 Å². The summed E-state index contributed by atoms with van der Waals surface area (Å²) < 4.78 is 0. The maximum atomic E-state index is 11.4. The minimum atomic E-state index is -0.133. The van der Waals surface area contributed by atoms with Crippen molar-refractivity contribution in [1.29, 1.82) is 0 Å². The van der Waals surface area contributed by atoms with Crippen molar-refractivity contribution >= 4 is 11.5 Å². The van der Waals surface area contributed by atoms with Gasteiger partial charge in [0.15, 0.2) is 5.78 Å². The van der Waals surface area contributed by atoms with Crippen LogP contribution in [0.15, 0.2) is 18.2 Å². The van der Waals surface area contributed by atoms with E-state index in [4.69, 9.17) is 10.8 Å². The summed E-state index contributed by atoms with van der Waals surface area (Å²) in [5.41, 5.74) is 7.63. The molecule has 0 fully saturated rings. The predicted molar refractivity (Wildman–Crippen MR) is 51.6 cm³/mol. The van der Waals surface area contributed by atoms with Crippen molar-refractivity contribution in [3.8, 4) is 0 Å². The number of aliphatic hydroxyl groups is 1. The number of para-hydroxylation sites is 1. The summed E-state index contributed by atoms with van der Waals surface area (Å²) >= 11 is 0. The second kappa shape index (κ2) is 4.05. The fourth-order valence-electron chi connectivity index (χ4n) is 1.16. The number of aryl methyl sites for hydroxylation is 1. The van der Waals surface area contributed by atoms with Gasteiger partial charge >= 0.3 is 0 Å². The van der Waals surface area contributed by atoms with Gasteiger partial charge in [0, 0.05) is 17.7 Å². The number of ketones is 1. The van der Waals surface area contributed by atoms with Crippen molar-refractivity contribution in [2.24, 2.45) is 0 Å². The molecule has 3 N–H and O–H groups in total. The number of nitrogen functional groups attached to an aromatic ring is 1. The summed E-state index contributed by atoms with van der Waals surface area (Å²) in [6.45, 7) is 1.72. The molecule has 1 aromatic rings. The molecule has 0 unspecified atom stereocenters. The van der Waals surface area contributed by atoms with Crippen LogP contribution < -0.4 is 5.73 Å². The number of aliphatic hydroxyl groups excluding tert-OH is 1. The van der Waals surface area contributed by atoms with E-state index in [0.29, 0.717) is 11.3 Å². The summed E-state index contributed by atoms with van der Waals surface area (Å²) in [4.78, 5) is 11.4. The number of hydrogen-bond acceptors (Lipinski definition) is 3. The molecule has 0 amide bonds. The van der Waals surface area contributed by atoms with Crippen molar-refractivity contribution in [3.05, 3.63) is 29.3 Å². The Hall–Kier alpha value is -1.35. The molecule has 0 aliphatic carbocycles. The first kappa shape index (κ1) is 9.74. The van der Waals surface area contributed by atoms with Crippen LogP contribution in [0.5, 0.6) is 0 Å². The minimum absolute atomic E-state index is 0.108. The number of anilines is 1. The molecule has 0 aliphatic rings. The molecule has 0 atom stereocenters. The standard InChI is InChI=1S/C10H13NO2/c1-7-3-2-4-8(10(7)11)9(13)5-6-12/h2-4,12H,5-6,11H2,1H3. The van der Waals surface area contributed by atoms with E-state index < -0.39 is 0 Å². The molecule has 0 heterocycles. The number of benzene rings is 1. The Kier molecular flexibility index (Phi) is 3.03. The van der Waals surface area contributed by atoms with Gasteiger partial charge in [-0.25, -0.2) is 0 Å². The lowest BCUT2D eigenvalue weighted by atomic mass is 10.0. The Morgan fingerprint density at radius 2 is 2.23 bits per heavy atom. The van der Waals surface area contributed by atoms with E-state index in [0.717, 1.165) is 5.56 Å². The Labute approximate surface area is 77.2 Å². The second-order valence-electron chi connectivity index (χ2n) is 2.93. The normalized spacial score (nSPS) is 10.0. The quantitative estimate of drug-likeness (QED) is 0.540. The van der Waals surface area contributed by atoms with E-state index in [9.17, 15) is 4.79 Å². The van der Waals surface area contributed by atoms with Crippen molar-refractivity contribution in [2.75, 3.05) is 12.3 Å². The Morgan fingerprint density at radius 1 is 1.54 bits per heavy atom. The first-order valence-electron chi connectivity index (χ1n) is 4.16. The number of carbonyl (C=O) groups is 1. The van der Waals surface area contributed by atoms with E-state index in [-0.39, 0.29) is 18.8 Å². The lowest BCUT2D eigenvalue weighted by Crippen LogP contribution is -2.06. The lowest BCUT2D eigenvalue weighted by molar-refractivity contribution is 0.0957. The molecule has 1 rings (SSSR count). The third-order valence-corrected chi connectivity index (χ3v) is 1.96. The average molecular weight is 179 g/mol. The second-order valence-corrected chi connectivity index (χ2v) is 2.93. The number of nitrogens with two attached hydrogens (primary N) is 1. The first-order valence-corrected chi connectivity index (χ1v) is 4.16. The highest BCUT2D eigenvalue weighted by Gasteiger charge is 2.09. The molecule has 3 heteroatoms. The molecule has 0 saturated heterocycles. The van der Waals surface area contributed by atoms with Gasteiger partial charge in [-0.1, -0.05) is 12.1 Å². The molecule has 1 aromatic carbocycles. The maximum Gasteiger partial charge on any atom is 0.167 e.